The van der Waals surface area contributed by atoms with Crippen molar-refractivity contribution in [1.29, 1.82) is 0 Å². The van der Waals surface area contributed by atoms with Crippen LogP contribution >= 0.6 is 0 Å². The van der Waals surface area contributed by atoms with Crippen molar-refractivity contribution in [1.82, 2.24) is 0 Å². The molecular weight excluding hydrogens is 112 g/mol. The molecule has 1 nitrogen and oxygen atoms in total. The Labute approximate surface area is 57.4 Å². The lowest BCUT2D eigenvalue weighted by atomic mass is 9.90. The fourth-order valence-corrected chi connectivity index (χ4v) is 0.501. The minimum Gasteiger partial charge on any atom is -0.396 e. The van der Waals surface area contributed by atoms with E-state index >= 15 is 0 Å². The molecule has 0 aromatic carbocycles. The zero-order valence-electron chi connectivity index (χ0n) is 6.52. The van der Waals surface area contributed by atoms with Crippen LogP contribution in [0.4, 0.5) is 0 Å². The van der Waals surface area contributed by atoms with E-state index < -0.39 is 0 Å². The largest absolute Gasteiger partial charge is 0.396 e. The molecule has 54 valence electrons. The predicted molar refractivity (Wildman–Crippen MR) is 40.3 cm³/mol. The zero-order chi connectivity index (χ0) is 7.33. The SMILES string of the molecule is C/C=C/CC(C)(C)CO. The molecule has 0 aromatic heterocycles. The van der Waals surface area contributed by atoms with Gasteiger partial charge in [-0.2, -0.15) is 0 Å². The summed E-state index contributed by atoms with van der Waals surface area (Å²) in [4.78, 5) is 0. The number of allylic oxidation sites excluding steroid dienone is 2. The number of rotatable bonds is 3. The van der Waals surface area contributed by atoms with E-state index in [1.165, 1.54) is 0 Å². The Morgan fingerprint density at radius 2 is 2.00 bits per heavy atom. The monoisotopic (exact) mass is 128 g/mol. The topological polar surface area (TPSA) is 20.2 Å². The summed E-state index contributed by atoms with van der Waals surface area (Å²) in [7, 11) is 0. The second kappa shape index (κ2) is 3.67. The number of aliphatic hydroxyl groups excluding tert-OH is 1. The molecule has 0 aliphatic carbocycles. The Morgan fingerprint density at radius 3 is 2.33 bits per heavy atom. The Bertz CT molecular complexity index is 92.7. The maximum absolute atomic E-state index is 8.79. The molecule has 0 aliphatic heterocycles. The van der Waals surface area contributed by atoms with Crippen molar-refractivity contribution >= 4 is 0 Å². The molecule has 9 heavy (non-hydrogen) atoms. The fourth-order valence-electron chi connectivity index (χ4n) is 0.501. The van der Waals surface area contributed by atoms with Crippen molar-refractivity contribution in [2.45, 2.75) is 27.2 Å². The first-order valence-corrected chi connectivity index (χ1v) is 3.34. The van der Waals surface area contributed by atoms with Crippen LogP contribution in [0.3, 0.4) is 0 Å². The van der Waals surface area contributed by atoms with Gasteiger partial charge in [-0.25, -0.2) is 0 Å². The van der Waals surface area contributed by atoms with E-state index in [2.05, 4.69) is 6.08 Å². The molecule has 0 aliphatic rings. The van der Waals surface area contributed by atoms with E-state index in [1.807, 2.05) is 26.8 Å². The van der Waals surface area contributed by atoms with Crippen LogP contribution in [0.15, 0.2) is 12.2 Å². The predicted octanol–water partition coefficient (Wildman–Crippen LogP) is 1.97. The number of hydrogen-bond donors (Lipinski definition) is 1. The molecule has 0 amide bonds. The number of hydrogen-bond acceptors (Lipinski definition) is 1. The second-order valence-corrected chi connectivity index (χ2v) is 3.10. The van der Waals surface area contributed by atoms with Gasteiger partial charge in [0.25, 0.3) is 0 Å². The van der Waals surface area contributed by atoms with Gasteiger partial charge < -0.3 is 5.11 Å². The van der Waals surface area contributed by atoms with Crippen LogP contribution in [0.1, 0.15) is 27.2 Å². The maximum atomic E-state index is 8.79. The lowest BCUT2D eigenvalue weighted by molar-refractivity contribution is 0.162. The van der Waals surface area contributed by atoms with Crippen LogP contribution in [-0.2, 0) is 0 Å². The van der Waals surface area contributed by atoms with Crippen LogP contribution in [0, 0.1) is 5.41 Å². The van der Waals surface area contributed by atoms with Gasteiger partial charge in [0, 0.05) is 6.61 Å². The van der Waals surface area contributed by atoms with Crippen LogP contribution in [-0.4, -0.2) is 11.7 Å². The normalized spacial score (nSPS) is 12.9. The number of aliphatic hydroxyl groups is 1. The smallest absolute Gasteiger partial charge is 0.0485 e. The van der Waals surface area contributed by atoms with E-state index in [-0.39, 0.29) is 12.0 Å². The van der Waals surface area contributed by atoms with Crippen molar-refractivity contribution in [2.75, 3.05) is 6.61 Å². The molecule has 1 heteroatoms. The van der Waals surface area contributed by atoms with E-state index in [0.29, 0.717) is 0 Å². The van der Waals surface area contributed by atoms with Crippen LogP contribution < -0.4 is 0 Å². The molecule has 0 radical (unpaired) electrons. The van der Waals surface area contributed by atoms with E-state index in [1.54, 1.807) is 0 Å². The summed E-state index contributed by atoms with van der Waals surface area (Å²) in [5, 5.41) is 8.79. The Morgan fingerprint density at radius 1 is 1.44 bits per heavy atom. The molecular formula is C8H16O. The van der Waals surface area contributed by atoms with Gasteiger partial charge in [0.1, 0.15) is 0 Å². The third-order valence-corrected chi connectivity index (χ3v) is 1.33. The van der Waals surface area contributed by atoms with Crippen molar-refractivity contribution in [2.24, 2.45) is 5.41 Å². The molecule has 0 fully saturated rings. The summed E-state index contributed by atoms with van der Waals surface area (Å²) in [6.07, 6.45) is 5.05. The van der Waals surface area contributed by atoms with Crippen molar-refractivity contribution < 1.29 is 5.11 Å². The van der Waals surface area contributed by atoms with Crippen LogP contribution in [0.5, 0.6) is 0 Å². The second-order valence-electron chi connectivity index (χ2n) is 3.10. The molecule has 0 saturated carbocycles. The molecule has 0 atom stereocenters. The lowest BCUT2D eigenvalue weighted by Crippen LogP contribution is -2.14. The highest BCUT2D eigenvalue weighted by Crippen LogP contribution is 2.18. The van der Waals surface area contributed by atoms with E-state index in [0.717, 1.165) is 6.42 Å². The highest BCUT2D eigenvalue weighted by Gasteiger charge is 2.12. The van der Waals surface area contributed by atoms with E-state index in [4.69, 9.17) is 5.11 Å². The fraction of sp³-hybridized carbons (Fsp3) is 0.750. The van der Waals surface area contributed by atoms with E-state index in [9.17, 15) is 0 Å². The molecule has 0 bridgehead atoms. The molecule has 0 spiro atoms. The lowest BCUT2D eigenvalue weighted by Gasteiger charge is -2.18. The molecule has 0 rings (SSSR count). The first-order valence-electron chi connectivity index (χ1n) is 3.34. The van der Waals surface area contributed by atoms with Gasteiger partial charge in [0.2, 0.25) is 0 Å². The summed E-state index contributed by atoms with van der Waals surface area (Å²) >= 11 is 0. The molecule has 0 heterocycles. The minimum absolute atomic E-state index is 0.0620. The Hall–Kier alpha value is -0.300. The van der Waals surface area contributed by atoms with Gasteiger partial charge >= 0.3 is 0 Å². The molecule has 0 saturated heterocycles. The summed E-state index contributed by atoms with van der Waals surface area (Å²) in [6.45, 7) is 6.35. The summed E-state index contributed by atoms with van der Waals surface area (Å²) in [6, 6.07) is 0. The molecule has 0 unspecified atom stereocenters. The summed E-state index contributed by atoms with van der Waals surface area (Å²) < 4.78 is 0. The van der Waals surface area contributed by atoms with Crippen LogP contribution in [0.2, 0.25) is 0 Å². The highest BCUT2D eigenvalue weighted by molar-refractivity contribution is 4.84. The maximum Gasteiger partial charge on any atom is 0.0485 e. The summed E-state index contributed by atoms with van der Waals surface area (Å²) in [5.74, 6) is 0. The molecule has 0 aromatic rings. The van der Waals surface area contributed by atoms with Gasteiger partial charge in [-0.3, -0.25) is 0 Å². The zero-order valence-corrected chi connectivity index (χ0v) is 6.52. The van der Waals surface area contributed by atoms with Crippen molar-refractivity contribution in [3.63, 3.8) is 0 Å². The minimum atomic E-state index is 0.0620. The highest BCUT2D eigenvalue weighted by atomic mass is 16.3. The van der Waals surface area contributed by atoms with Gasteiger partial charge in [0.15, 0.2) is 0 Å². The van der Waals surface area contributed by atoms with Crippen molar-refractivity contribution in [3.8, 4) is 0 Å². The third kappa shape index (κ3) is 4.22. The summed E-state index contributed by atoms with van der Waals surface area (Å²) in [5.41, 5.74) is 0.0620. The quantitative estimate of drug-likeness (QED) is 0.576. The van der Waals surface area contributed by atoms with Crippen LogP contribution in [0.25, 0.3) is 0 Å². The standard InChI is InChI=1S/C8H16O/c1-4-5-6-8(2,3)7-9/h4-5,9H,6-7H2,1-3H3/b5-4+. The first kappa shape index (κ1) is 8.70. The van der Waals surface area contributed by atoms with Gasteiger partial charge in [-0.1, -0.05) is 26.0 Å². The Balaban J connectivity index is 3.58. The van der Waals surface area contributed by atoms with Crippen molar-refractivity contribution in [3.05, 3.63) is 12.2 Å². The van der Waals surface area contributed by atoms with Gasteiger partial charge in [0.05, 0.1) is 0 Å². The molecule has 1 N–H and O–H groups in total. The first-order chi connectivity index (χ1) is 4.12. The van der Waals surface area contributed by atoms with Gasteiger partial charge in [-0.15, -0.1) is 0 Å². The Kier molecular flexibility index (Phi) is 3.55. The average Bonchev–Trinajstić information content (AvgIpc) is 1.84. The third-order valence-electron chi connectivity index (χ3n) is 1.33. The average molecular weight is 128 g/mol. The van der Waals surface area contributed by atoms with Gasteiger partial charge in [-0.05, 0) is 18.8 Å².